The van der Waals surface area contributed by atoms with Gasteiger partial charge in [-0.1, -0.05) is 31.5 Å². The van der Waals surface area contributed by atoms with Crippen LogP contribution >= 0.6 is 0 Å². The van der Waals surface area contributed by atoms with Crippen LogP contribution < -0.4 is 4.74 Å². The van der Waals surface area contributed by atoms with Crippen molar-refractivity contribution in [2.75, 3.05) is 13.7 Å². The van der Waals surface area contributed by atoms with Crippen LogP contribution in [0.25, 0.3) is 5.57 Å². The molecule has 5 nitrogen and oxygen atoms in total. The predicted molar refractivity (Wildman–Crippen MR) is 135 cm³/mol. The standard InChI is InChI=1S/C29H34F3NO4/c1-17-10-20(13-22(11-17)29(30,31)32)26-18(2)33(27(35)37-26)15-21-14-28(3,4)9-8-23(21)24-12-19(16-34)6-7-25(24)36-5/h6-7,10-13,18,26,34H,8-9,14-16H2,1-5H3/t18-,26-/m0/s1. The summed E-state index contributed by atoms with van der Waals surface area (Å²) in [6, 6.07) is 8.93. The molecule has 1 aliphatic carbocycles. The summed E-state index contributed by atoms with van der Waals surface area (Å²) in [6.07, 6.45) is -3.35. The van der Waals surface area contributed by atoms with Gasteiger partial charge in [0.1, 0.15) is 11.9 Å². The highest BCUT2D eigenvalue weighted by Gasteiger charge is 2.42. The first-order valence-electron chi connectivity index (χ1n) is 12.5. The second-order valence-electron chi connectivity index (χ2n) is 10.9. The number of methoxy groups -OCH3 is 1. The lowest BCUT2D eigenvalue weighted by molar-refractivity contribution is -0.137. The van der Waals surface area contributed by atoms with Gasteiger partial charge >= 0.3 is 12.3 Å². The van der Waals surface area contributed by atoms with Crippen LogP contribution in [0.4, 0.5) is 18.0 Å². The monoisotopic (exact) mass is 517 g/mol. The summed E-state index contributed by atoms with van der Waals surface area (Å²) in [5.74, 6) is 0.693. The molecule has 37 heavy (non-hydrogen) atoms. The number of aryl methyl sites for hydroxylation is 1. The first-order valence-corrected chi connectivity index (χ1v) is 12.5. The van der Waals surface area contributed by atoms with Gasteiger partial charge in [-0.3, -0.25) is 4.90 Å². The zero-order chi connectivity index (χ0) is 27.1. The predicted octanol–water partition coefficient (Wildman–Crippen LogP) is 7.06. The van der Waals surface area contributed by atoms with Gasteiger partial charge in [0.05, 0.1) is 25.3 Å². The Bertz CT molecular complexity index is 1220. The van der Waals surface area contributed by atoms with Gasteiger partial charge in [0.25, 0.3) is 0 Å². The van der Waals surface area contributed by atoms with Crippen LogP contribution in [0.5, 0.6) is 5.75 Å². The van der Waals surface area contributed by atoms with Crippen LogP contribution in [0.1, 0.15) is 74.0 Å². The first-order chi connectivity index (χ1) is 17.3. The van der Waals surface area contributed by atoms with Crippen molar-refractivity contribution in [1.29, 1.82) is 0 Å². The van der Waals surface area contributed by atoms with E-state index in [1.807, 2.05) is 25.1 Å². The van der Waals surface area contributed by atoms with Crippen LogP contribution in [0.2, 0.25) is 0 Å². The number of hydrogen-bond donors (Lipinski definition) is 1. The van der Waals surface area contributed by atoms with E-state index in [0.29, 0.717) is 23.4 Å². The van der Waals surface area contributed by atoms with Crippen molar-refractivity contribution in [3.05, 3.63) is 69.8 Å². The average Bonchev–Trinajstić information content (AvgIpc) is 3.10. The second kappa shape index (κ2) is 10.0. The van der Waals surface area contributed by atoms with Crippen molar-refractivity contribution in [3.8, 4) is 5.75 Å². The van der Waals surface area contributed by atoms with Crippen LogP contribution in [-0.4, -0.2) is 35.8 Å². The molecule has 8 heteroatoms. The number of allylic oxidation sites excluding steroid dienone is 1. The highest BCUT2D eigenvalue weighted by Crippen LogP contribution is 2.46. The third-order valence-corrected chi connectivity index (χ3v) is 7.45. The van der Waals surface area contributed by atoms with E-state index in [2.05, 4.69) is 13.8 Å². The number of halogens is 3. The van der Waals surface area contributed by atoms with Crippen molar-refractivity contribution in [3.63, 3.8) is 0 Å². The molecule has 2 aromatic carbocycles. The van der Waals surface area contributed by atoms with Gasteiger partial charge in [0.15, 0.2) is 0 Å². The highest BCUT2D eigenvalue weighted by atomic mass is 19.4. The smallest absolute Gasteiger partial charge is 0.416 e. The molecule has 200 valence electrons. The number of hydrogen-bond acceptors (Lipinski definition) is 4. The summed E-state index contributed by atoms with van der Waals surface area (Å²) in [7, 11) is 1.60. The van der Waals surface area contributed by atoms with Crippen LogP contribution in [0, 0.1) is 12.3 Å². The summed E-state index contributed by atoms with van der Waals surface area (Å²) in [5.41, 5.74) is 3.86. The molecule has 1 fully saturated rings. The largest absolute Gasteiger partial charge is 0.496 e. The van der Waals surface area contributed by atoms with Crippen molar-refractivity contribution in [2.24, 2.45) is 5.41 Å². The Hall–Kier alpha value is -3.00. The number of aliphatic hydroxyl groups excluding tert-OH is 1. The van der Waals surface area contributed by atoms with Gasteiger partial charge in [-0.05, 0) is 85.1 Å². The number of rotatable bonds is 6. The Morgan fingerprint density at radius 3 is 2.57 bits per heavy atom. The molecule has 1 amide bonds. The SMILES string of the molecule is COc1ccc(CO)cc1C1=C(CN2C(=O)O[C@H](c3cc(C)cc(C(F)(F)F)c3)[C@@H]2C)CC(C)(C)CC1. The zero-order valence-corrected chi connectivity index (χ0v) is 21.9. The minimum absolute atomic E-state index is 0.0189. The van der Waals surface area contributed by atoms with E-state index in [4.69, 9.17) is 9.47 Å². The molecule has 1 saturated heterocycles. The second-order valence-corrected chi connectivity index (χ2v) is 10.9. The van der Waals surface area contributed by atoms with Gasteiger partial charge in [-0.2, -0.15) is 13.2 Å². The third kappa shape index (κ3) is 5.64. The normalized spacial score (nSPS) is 21.9. The quantitative estimate of drug-likeness (QED) is 0.446. The lowest BCUT2D eigenvalue weighted by Gasteiger charge is -2.36. The molecule has 2 atom stereocenters. The molecule has 2 aromatic rings. The van der Waals surface area contributed by atoms with Crippen molar-refractivity contribution >= 4 is 11.7 Å². The molecular weight excluding hydrogens is 483 g/mol. The third-order valence-electron chi connectivity index (χ3n) is 7.45. The summed E-state index contributed by atoms with van der Waals surface area (Å²) < 4.78 is 51.6. The maximum absolute atomic E-state index is 13.4. The van der Waals surface area contributed by atoms with E-state index in [-0.39, 0.29) is 12.0 Å². The van der Waals surface area contributed by atoms with Crippen molar-refractivity contribution < 1.29 is 32.5 Å². The highest BCUT2D eigenvalue weighted by molar-refractivity contribution is 5.77. The Balaban J connectivity index is 1.70. The number of amides is 1. The van der Waals surface area contributed by atoms with Gasteiger partial charge < -0.3 is 14.6 Å². The molecule has 2 aliphatic rings. The number of alkyl halides is 3. The molecule has 0 saturated carbocycles. The number of carbonyl (C=O) groups excluding carboxylic acids is 1. The van der Waals surface area contributed by atoms with E-state index in [1.54, 1.807) is 25.0 Å². The average molecular weight is 518 g/mol. The van der Waals surface area contributed by atoms with E-state index < -0.39 is 30.0 Å². The van der Waals surface area contributed by atoms with Gasteiger partial charge in [-0.25, -0.2) is 4.79 Å². The molecule has 0 radical (unpaired) electrons. The van der Waals surface area contributed by atoms with Crippen molar-refractivity contribution in [1.82, 2.24) is 4.90 Å². The molecule has 1 N–H and O–H groups in total. The fraction of sp³-hybridized carbons (Fsp3) is 0.483. The number of ether oxygens (including phenoxy) is 2. The Labute approximate surface area is 215 Å². The topological polar surface area (TPSA) is 59.0 Å². The Morgan fingerprint density at radius 2 is 1.92 bits per heavy atom. The fourth-order valence-electron chi connectivity index (χ4n) is 5.48. The Kier molecular flexibility index (Phi) is 7.34. The molecule has 4 rings (SSSR count). The minimum atomic E-state index is -4.48. The minimum Gasteiger partial charge on any atom is -0.496 e. The summed E-state index contributed by atoms with van der Waals surface area (Å²) in [4.78, 5) is 14.6. The maximum atomic E-state index is 13.4. The summed E-state index contributed by atoms with van der Waals surface area (Å²) in [6.45, 7) is 7.99. The van der Waals surface area contributed by atoms with Gasteiger partial charge in [0.2, 0.25) is 0 Å². The fourth-order valence-corrected chi connectivity index (χ4v) is 5.48. The van der Waals surface area contributed by atoms with Crippen LogP contribution in [0.15, 0.2) is 42.0 Å². The van der Waals surface area contributed by atoms with Gasteiger partial charge in [0, 0.05) is 12.1 Å². The number of carbonyl (C=O) groups is 1. The van der Waals surface area contributed by atoms with Crippen molar-refractivity contribution in [2.45, 2.75) is 71.9 Å². The Morgan fingerprint density at radius 1 is 1.19 bits per heavy atom. The molecule has 0 spiro atoms. The number of aliphatic hydroxyl groups is 1. The first kappa shape index (κ1) is 27.0. The number of cyclic esters (lactones) is 1. The molecule has 0 aromatic heterocycles. The molecule has 1 aliphatic heterocycles. The summed E-state index contributed by atoms with van der Waals surface area (Å²) >= 11 is 0. The lowest BCUT2D eigenvalue weighted by atomic mass is 9.72. The maximum Gasteiger partial charge on any atom is 0.416 e. The zero-order valence-electron chi connectivity index (χ0n) is 21.9. The molecular formula is C29H34F3NO4. The van der Waals surface area contributed by atoms with E-state index in [9.17, 15) is 23.1 Å². The van der Waals surface area contributed by atoms with Crippen LogP contribution in [0.3, 0.4) is 0 Å². The van der Waals surface area contributed by atoms with Crippen LogP contribution in [-0.2, 0) is 17.5 Å². The number of benzene rings is 2. The summed E-state index contributed by atoms with van der Waals surface area (Å²) in [5, 5.41) is 9.70. The van der Waals surface area contributed by atoms with E-state index in [1.165, 1.54) is 0 Å². The van der Waals surface area contributed by atoms with E-state index >= 15 is 0 Å². The molecule has 0 unspecified atom stereocenters. The van der Waals surface area contributed by atoms with Gasteiger partial charge in [-0.15, -0.1) is 0 Å². The van der Waals surface area contributed by atoms with E-state index in [0.717, 1.165) is 53.7 Å². The molecule has 0 bridgehead atoms. The molecule has 1 heterocycles. The lowest BCUT2D eigenvalue weighted by Crippen LogP contribution is -2.35. The number of nitrogens with zero attached hydrogens (tertiary/aromatic N) is 1.